The summed E-state index contributed by atoms with van der Waals surface area (Å²) in [6, 6.07) is 4.01. The molecule has 1 aromatic carbocycles. The molecule has 0 radical (unpaired) electrons. The second-order valence-corrected chi connectivity index (χ2v) is 5.30. The average molecular weight is 330 g/mol. The highest BCUT2D eigenvalue weighted by Crippen LogP contribution is 2.41. The lowest BCUT2D eigenvalue weighted by molar-refractivity contribution is -0.297. The van der Waals surface area contributed by atoms with Crippen LogP contribution in [0.4, 0.5) is 13.2 Å². The molecule has 6 nitrogen and oxygen atoms in total. The van der Waals surface area contributed by atoms with Crippen LogP contribution in [-0.2, 0) is 0 Å². The van der Waals surface area contributed by atoms with E-state index < -0.39 is 24.2 Å². The lowest BCUT2D eigenvalue weighted by Gasteiger charge is -2.32. The number of nitrogens with zero attached hydrogens (tertiary/aromatic N) is 2. The molecule has 0 saturated carbocycles. The van der Waals surface area contributed by atoms with Crippen molar-refractivity contribution in [3.05, 3.63) is 23.8 Å². The van der Waals surface area contributed by atoms with Gasteiger partial charge in [0.25, 0.3) is 11.6 Å². The summed E-state index contributed by atoms with van der Waals surface area (Å²) in [6.45, 7) is 1.94. The van der Waals surface area contributed by atoms with Crippen LogP contribution in [0.5, 0.6) is 11.5 Å². The molecular formula is C14H13F3N2O4. The van der Waals surface area contributed by atoms with Gasteiger partial charge in [0.05, 0.1) is 0 Å². The van der Waals surface area contributed by atoms with Crippen LogP contribution in [0.3, 0.4) is 0 Å². The molecule has 3 rings (SSSR count). The number of hydrogen-bond donors (Lipinski definition) is 1. The molecule has 0 saturated heterocycles. The minimum absolute atomic E-state index is 0.00992. The largest absolute Gasteiger partial charge is 0.486 e. The molecule has 124 valence electrons. The van der Waals surface area contributed by atoms with Crippen molar-refractivity contribution in [3.63, 3.8) is 0 Å². The molecule has 1 amide bonds. The molecule has 2 aliphatic heterocycles. The summed E-state index contributed by atoms with van der Waals surface area (Å²) in [7, 11) is 0. The van der Waals surface area contributed by atoms with Crippen LogP contribution in [0.2, 0.25) is 0 Å². The van der Waals surface area contributed by atoms with Crippen LogP contribution in [0.25, 0.3) is 0 Å². The van der Waals surface area contributed by atoms with Gasteiger partial charge in [0.15, 0.2) is 11.5 Å². The third-order valence-corrected chi connectivity index (χ3v) is 3.56. The van der Waals surface area contributed by atoms with E-state index in [-0.39, 0.29) is 28.6 Å². The van der Waals surface area contributed by atoms with Gasteiger partial charge in [0.2, 0.25) is 0 Å². The van der Waals surface area contributed by atoms with Crippen LogP contribution in [0.1, 0.15) is 23.7 Å². The molecule has 0 bridgehead atoms. The highest BCUT2D eigenvalue weighted by Gasteiger charge is 2.62. The zero-order valence-corrected chi connectivity index (χ0v) is 12.1. The summed E-state index contributed by atoms with van der Waals surface area (Å²) in [6.07, 6.45) is -5.81. The number of carbonyl (C=O) groups excluding carboxylic acids is 1. The van der Waals surface area contributed by atoms with E-state index in [4.69, 9.17) is 9.47 Å². The van der Waals surface area contributed by atoms with E-state index in [0.717, 1.165) is 0 Å². The van der Waals surface area contributed by atoms with E-state index in [2.05, 4.69) is 5.10 Å². The Hall–Kier alpha value is -2.29. The molecule has 1 N–H and O–H groups in total. The number of hydrogen-bond acceptors (Lipinski definition) is 5. The summed E-state index contributed by atoms with van der Waals surface area (Å²) in [5, 5.41) is 13.6. The van der Waals surface area contributed by atoms with Crippen molar-refractivity contribution in [1.29, 1.82) is 0 Å². The first kappa shape index (κ1) is 15.6. The van der Waals surface area contributed by atoms with Crippen molar-refractivity contribution in [1.82, 2.24) is 5.01 Å². The number of alkyl halides is 3. The Balaban J connectivity index is 1.96. The van der Waals surface area contributed by atoms with Crippen molar-refractivity contribution in [2.75, 3.05) is 13.2 Å². The van der Waals surface area contributed by atoms with Gasteiger partial charge in [-0.2, -0.15) is 23.3 Å². The van der Waals surface area contributed by atoms with E-state index in [1.807, 2.05) is 0 Å². The molecule has 2 aliphatic rings. The Morgan fingerprint density at radius 3 is 2.61 bits per heavy atom. The summed E-state index contributed by atoms with van der Waals surface area (Å²) in [4.78, 5) is 12.4. The number of aliphatic hydroxyl groups is 1. The highest BCUT2D eigenvalue weighted by atomic mass is 19.4. The van der Waals surface area contributed by atoms with Crippen LogP contribution in [-0.4, -0.2) is 46.8 Å². The van der Waals surface area contributed by atoms with E-state index in [1.54, 1.807) is 0 Å². The number of hydrazone groups is 1. The Morgan fingerprint density at radius 1 is 1.30 bits per heavy atom. The fourth-order valence-electron chi connectivity index (χ4n) is 2.45. The average Bonchev–Trinajstić information content (AvgIpc) is 2.82. The van der Waals surface area contributed by atoms with Gasteiger partial charge in [-0.15, -0.1) is 0 Å². The van der Waals surface area contributed by atoms with Crippen LogP contribution in [0.15, 0.2) is 23.3 Å². The molecule has 1 atom stereocenters. The predicted molar refractivity (Wildman–Crippen MR) is 72.3 cm³/mol. The molecule has 23 heavy (non-hydrogen) atoms. The van der Waals surface area contributed by atoms with Crippen molar-refractivity contribution >= 4 is 11.6 Å². The number of ether oxygens (including phenoxy) is 2. The maximum atomic E-state index is 13.2. The first-order chi connectivity index (χ1) is 10.7. The third kappa shape index (κ3) is 2.50. The molecular weight excluding hydrogens is 317 g/mol. The van der Waals surface area contributed by atoms with Gasteiger partial charge >= 0.3 is 6.18 Å². The Labute approximate surface area is 129 Å². The maximum Gasteiger partial charge on any atom is 0.438 e. The number of carbonyl (C=O) groups is 1. The number of fused-ring (bicyclic) bond motifs is 1. The van der Waals surface area contributed by atoms with Crippen LogP contribution >= 0.6 is 0 Å². The zero-order chi connectivity index (χ0) is 16.8. The highest BCUT2D eigenvalue weighted by molar-refractivity contribution is 5.98. The topological polar surface area (TPSA) is 71.4 Å². The number of rotatable bonds is 1. The van der Waals surface area contributed by atoms with Crippen molar-refractivity contribution in [2.45, 2.75) is 25.2 Å². The SMILES string of the molecule is CC1=NN(C(=O)c2ccc3c(c2)OCCO3)C(O)(C(F)(F)F)C1. The monoisotopic (exact) mass is 330 g/mol. The molecule has 0 aliphatic carbocycles. The maximum absolute atomic E-state index is 13.2. The minimum atomic E-state index is -5.03. The fourth-order valence-corrected chi connectivity index (χ4v) is 2.45. The van der Waals surface area contributed by atoms with Crippen LogP contribution < -0.4 is 9.47 Å². The predicted octanol–water partition coefficient (Wildman–Crippen LogP) is 1.93. The standard InChI is InChI=1S/C14H13F3N2O4/c1-8-7-13(21,14(15,16)17)19(18-8)12(20)9-2-3-10-11(6-9)23-5-4-22-10/h2-3,6,21H,4-5,7H2,1H3. The Kier molecular flexibility index (Phi) is 3.47. The first-order valence-corrected chi connectivity index (χ1v) is 6.80. The molecule has 1 unspecified atom stereocenters. The summed E-state index contributed by atoms with van der Waals surface area (Å²) in [5.74, 6) is -0.406. The molecule has 9 heteroatoms. The minimum Gasteiger partial charge on any atom is -0.486 e. The molecule has 0 fully saturated rings. The lowest BCUT2D eigenvalue weighted by Crippen LogP contribution is -2.56. The van der Waals surface area contributed by atoms with Crippen molar-refractivity contribution in [2.24, 2.45) is 5.10 Å². The van der Waals surface area contributed by atoms with Gasteiger partial charge in [0.1, 0.15) is 13.2 Å². The third-order valence-electron chi connectivity index (χ3n) is 3.56. The number of halogens is 3. The molecule has 1 aromatic rings. The molecule has 0 spiro atoms. The van der Waals surface area contributed by atoms with Crippen LogP contribution in [0, 0.1) is 0 Å². The van der Waals surface area contributed by atoms with Crippen molar-refractivity contribution < 1.29 is 32.5 Å². The second-order valence-electron chi connectivity index (χ2n) is 5.30. The molecule has 0 aromatic heterocycles. The van der Waals surface area contributed by atoms with Gasteiger partial charge in [0, 0.05) is 17.7 Å². The summed E-state index contributed by atoms with van der Waals surface area (Å²) in [5.41, 5.74) is -3.42. The van der Waals surface area contributed by atoms with Gasteiger partial charge < -0.3 is 14.6 Å². The van der Waals surface area contributed by atoms with E-state index in [9.17, 15) is 23.1 Å². The lowest BCUT2D eigenvalue weighted by atomic mass is 10.1. The summed E-state index contributed by atoms with van der Waals surface area (Å²) < 4.78 is 50.1. The Bertz CT molecular complexity index is 689. The Morgan fingerprint density at radius 2 is 1.96 bits per heavy atom. The van der Waals surface area contributed by atoms with E-state index >= 15 is 0 Å². The summed E-state index contributed by atoms with van der Waals surface area (Å²) >= 11 is 0. The quantitative estimate of drug-likeness (QED) is 0.854. The van der Waals surface area contributed by atoms with Gasteiger partial charge in [-0.05, 0) is 25.1 Å². The first-order valence-electron chi connectivity index (χ1n) is 6.80. The fraction of sp³-hybridized carbons (Fsp3) is 0.429. The number of amides is 1. The number of benzene rings is 1. The zero-order valence-electron chi connectivity index (χ0n) is 12.1. The van der Waals surface area contributed by atoms with Gasteiger partial charge in [-0.1, -0.05) is 0 Å². The molecule has 2 heterocycles. The van der Waals surface area contributed by atoms with E-state index in [1.165, 1.54) is 25.1 Å². The van der Waals surface area contributed by atoms with Gasteiger partial charge in [-0.25, -0.2) is 0 Å². The smallest absolute Gasteiger partial charge is 0.438 e. The normalized spacial score (nSPS) is 23.7. The van der Waals surface area contributed by atoms with E-state index in [0.29, 0.717) is 12.4 Å². The van der Waals surface area contributed by atoms with Gasteiger partial charge in [-0.3, -0.25) is 4.79 Å². The van der Waals surface area contributed by atoms with Crippen molar-refractivity contribution in [3.8, 4) is 11.5 Å². The second kappa shape index (κ2) is 5.12.